The van der Waals surface area contributed by atoms with Crippen LogP contribution in [0.15, 0.2) is 24.3 Å². The van der Waals surface area contributed by atoms with Crippen molar-refractivity contribution in [2.24, 2.45) is 23.5 Å². The lowest BCUT2D eigenvalue weighted by Crippen LogP contribution is -2.48. The molecule has 26 heavy (non-hydrogen) atoms. The summed E-state index contributed by atoms with van der Waals surface area (Å²) < 4.78 is 0. The van der Waals surface area contributed by atoms with E-state index in [0.29, 0.717) is 17.9 Å². The van der Waals surface area contributed by atoms with Crippen molar-refractivity contribution in [3.05, 3.63) is 24.3 Å². The van der Waals surface area contributed by atoms with Crippen molar-refractivity contribution in [2.45, 2.75) is 51.0 Å². The van der Waals surface area contributed by atoms with Crippen LogP contribution < -0.4 is 16.0 Å². The minimum absolute atomic E-state index is 0. The van der Waals surface area contributed by atoms with Gasteiger partial charge in [-0.05, 0) is 62.5 Å². The Bertz CT molecular complexity index is 592. The summed E-state index contributed by atoms with van der Waals surface area (Å²) >= 11 is 0. The number of carbonyl (C=O) groups is 1. The van der Waals surface area contributed by atoms with Crippen LogP contribution in [0.5, 0.6) is 0 Å². The molecule has 1 aliphatic heterocycles. The highest BCUT2D eigenvalue weighted by atomic mass is 35.5. The summed E-state index contributed by atoms with van der Waals surface area (Å²) in [5, 5.41) is 3.24. The van der Waals surface area contributed by atoms with Gasteiger partial charge < -0.3 is 16.0 Å². The first-order valence-corrected chi connectivity index (χ1v) is 9.63. The van der Waals surface area contributed by atoms with Crippen molar-refractivity contribution in [3.63, 3.8) is 0 Å². The van der Waals surface area contributed by atoms with Crippen LogP contribution >= 0.6 is 24.8 Å². The van der Waals surface area contributed by atoms with Gasteiger partial charge in [0.2, 0.25) is 5.91 Å². The van der Waals surface area contributed by atoms with Crippen LogP contribution in [0.2, 0.25) is 0 Å². The Morgan fingerprint density at radius 3 is 2.27 bits per heavy atom. The van der Waals surface area contributed by atoms with Gasteiger partial charge in [0, 0.05) is 25.0 Å². The van der Waals surface area contributed by atoms with Crippen LogP contribution in [0.1, 0.15) is 44.9 Å². The number of halogens is 2. The molecule has 1 aromatic carbocycles. The Labute approximate surface area is 169 Å². The van der Waals surface area contributed by atoms with Crippen LogP contribution in [0.4, 0.5) is 11.4 Å². The molecule has 4 rings (SSSR count). The molecule has 1 heterocycles. The molecule has 2 bridgehead atoms. The van der Waals surface area contributed by atoms with E-state index in [-0.39, 0.29) is 36.6 Å². The molecule has 2 aliphatic carbocycles. The van der Waals surface area contributed by atoms with E-state index in [1.165, 1.54) is 37.8 Å². The quantitative estimate of drug-likeness (QED) is 0.799. The predicted octanol–water partition coefficient (Wildman–Crippen LogP) is 4.22. The molecule has 0 aromatic heterocycles. The van der Waals surface area contributed by atoms with Gasteiger partial charge in [-0.25, -0.2) is 0 Å². The summed E-state index contributed by atoms with van der Waals surface area (Å²) in [6.45, 7) is 2.19. The topological polar surface area (TPSA) is 58.4 Å². The van der Waals surface area contributed by atoms with Gasteiger partial charge in [0.05, 0.1) is 11.4 Å². The maximum atomic E-state index is 12.9. The van der Waals surface area contributed by atoms with Crippen LogP contribution in [0, 0.1) is 17.8 Å². The highest BCUT2D eigenvalue weighted by molar-refractivity contribution is 5.96. The standard InChI is InChI=1S/C20H29N3O.2ClH/c21-19-14-6-5-7-15(19)13-16(12-14)20(24)22-17-8-1-2-9-18(17)23-10-3-4-11-23;;/h1-2,8-9,14-16,19H,3-7,10-13,21H2,(H,22,24);2*1H. The third-order valence-corrected chi connectivity index (χ3v) is 6.39. The van der Waals surface area contributed by atoms with Crippen LogP contribution in [0.3, 0.4) is 0 Å². The van der Waals surface area contributed by atoms with E-state index in [4.69, 9.17) is 5.73 Å². The normalized spacial score (nSPS) is 30.1. The lowest BCUT2D eigenvalue weighted by atomic mass is 9.65. The molecule has 0 spiro atoms. The van der Waals surface area contributed by atoms with Crippen molar-refractivity contribution in [3.8, 4) is 0 Å². The van der Waals surface area contributed by atoms with Gasteiger partial charge in [0.25, 0.3) is 0 Å². The lowest BCUT2D eigenvalue weighted by molar-refractivity contribution is -0.122. The minimum Gasteiger partial charge on any atom is -0.370 e. The Morgan fingerprint density at radius 1 is 1.00 bits per heavy atom. The second kappa shape index (κ2) is 9.29. The molecule has 2 saturated carbocycles. The molecule has 3 aliphatic rings. The van der Waals surface area contributed by atoms with Crippen molar-refractivity contribution in [1.82, 2.24) is 0 Å². The van der Waals surface area contributed by atoms with Gasteiger partial charge in [-0.2, -0.15) is 0 Å². The number of anilines is 2. The molecule has 0 radical (unpaired) electrons. The average Bonchev–Trinajstić information content (AvgIpc) is 3.09. The molecule has 3 N–H and O–H groups in total. The Balaban J connectivity index is 0.00000121. The zero-order valence-corrected chi connectivity index (χ0v) is 16.9. The highest BCUT2D eigenvalue weighted by Crippen LogP contribution is 2.42. The largest absolute Gasteiger partial charge is 0.370 e. The molecule has 2 unspecified atom stereocenters. The molecule has 6 heteroatoms. The number of amides is 1. The summed E-state index contributed by atoms with van der Waals surface area (Å²) in [4.78, 5) is 15.3. The fourth-order valence-electron chi connectivity index (χ4n) is 5.05. The van der Waals surface area contributed by atoms with E-state index in [1.807, 2.05) is 12.1 Å². The minimum atomic E-state index is 0. The molecule has 1 saturated heterocycles. The molecule has 146 valence electrons. The summed E-state index contributed by atoms with van der Waals surface area (Å²) in [5.74, 6) is 1.42. The fraction of sp³-hybridized carbons (Fsp3) is 0.650. The SMILES string of the molecule is Cl.Cl.NC1C2CCCC1CC(C(=O)Nc1ccccc1N1CCCC1)C2. The third kappa shape index (κ3) is 4.29. The number of para-hydroxylation sites is 2. The van der Waals surface area contributed by atoms with Gasteiger partial charge in [-0.15, -0.1) is 24.8 Å². The van der Waals surface area contributed by atoms with E-state index in [1.54, 1.807) is 0 Å². The second-order valence-corrected chi connectivity index (χ2v) is 7.90. The molecule has 3 fully saturated rings. The maximum Gasteiger partial charge on any atom is 0.227 e. The number of hydrogen-bond acceptors (Lipinski definition) is 3. The van der Waals surface area contributed by atoms with Crippen molar-refractivity contribution in [1.29, 1.82) is 0 Å². The van der Waals surface area contributed by atoms with Gasteiger partial charge in [0.1, 0.15) is 0 Å². The van der Waals surface area contributed by atoms with E-state index in [2.05, 4.69) is 22.3 Å². The Kier molecular flexibility index (Phi) is 7.63. The number of rotatable bonds is 3. The van der Waals surface area contributed by atoms with Crippen molar-refractivity contribution >= 4 is 42.1 Å². The molecule has 2 atom stereocenters. The molecular formula is C20H31Cl2N3O. The molecular weight excluding hydrogens is 369 g/mol. The fourth-order valence-corrected chi connectivity index (χ4v) is 5.05. The van der Waals surface area contributed by atoms with Crippen molar-refractivity contribution < 1.29 is 4.79 Å². The number of carbonyl (C=O) groups excluding carboxylic acids is 1. The Hall–Kier alpha value is -0.970. The molecule has 1 amide bonds. The van der Waals surface area contributed by atoms with Crippen molar-refractivity contribution in [2.75, 3.05) is 23.3 Å². The second-order valence-electron chi connectivity index (χ2n) is 7.90. The molecule has 1 aromatic rings. The van der Waals surface area contributed by atoms with E-state index in [0.717, 1.165) is 31.6 Å². The first kappa shape index (κ1) is 21.3. The number of nitrogens with zero attached hydrogens (tertiary/aromatic N) is 1. The monoisotopic (exact) mass is 399 g/mol. The third-order valence-electron chi connectivity index (χ3n) is 6.39. The number of benzene rings is 1. The number of hydrogen-bond donors (Lipinski definition) is 2. The first-order valence-electron chi connectivity index (χ1n) is 9.63. The first-order chi connectivity index (χ1) is 11.7. The zero-order chi connectivity index (χ0) is 16.5. The lowest BCUT2D eigenvalue weighted by Gasteiger charge is -2.43. The summed E-state index contributed by atoms with van der Waals surface area (Å²) in [5.41, 5.74) is 8.52. The summed E-state index contributed by atoms with van der Waals surface area (Å²) in [6.07, 6.45) is 8.11. The summed E-state index contributed by atoms with van der Waals surface area (Å²) in [7, 11) is 0. The number of nitrogens with two attached hydrogens (primary N) is 1. The smallest absolute Gasteiger partial charge is 0.227 e. The van der Waals surface area contributed by atoms with Crippen LogP contribution in [0.25, 0.3) is 0 Å². The predicted molar refractivity (Wildman–Crippen MR) is 113 cm³/mol. The number of nitrogens with one attached hydrogen (secondary N) is 1. The van der Waals surface area contributed by atoms with Gasteiger partial charge in [0.15, 0.2) is 0 Å². The van der Waals surface area contributed by atoms with Gasteiger partial charge >= 0.3 is 0 Å². The number of fused-ring (bicyclic) bond motifs is 2. The zero-order valence-electron chi connectivity index (χ0n) is 15.2. The Morgan fingerprint density at radius 2 is 1.62 bits per heavy atom. The summed E-state index contributed by atoms with van der Waals surface area (Å²) in [6, 6.07) is 8.57. The van der Waals surface area contributed by atoms with E-state index in [9.17, 15) is 4.79 Å². The van der Waals surface area contributed by atoms with Gasteiger partial charge in [-0.1, -0.05) is 18.6 Å². The van der Waals surface area contributed by atoms with Gasteiger partial charge in [-0.3, -0.25) is 4.79 Å². The van der Waals surface area contributed by atoms with E-state index < -0.39 is 0 Å². The highest BCUT2D eigenvalue weighted by Gasteiger charge is 2.40. The van der Waals surface area contributed by atoms with Crippen LogP contribution in [-0.4, -0.2) is 25.0 Å². The average molecular weight is 400 g/mol. The molecule has 4 nitrogen and oxygen atoms in total. The van der Waals surface area contributed by atoms with Crippen LogP contribution in [-0.2, 0) is 4.79 Å². The van der Waals surface area contributed by atoms with E-state index >= 15 is 0 Å². The maximum absolute atomic E-state index is 12.9.